The van der Waals surface area contributed by atoms with Crippen molar-refractivity contribution in [3.05, 3.63) is 29.3 Å². The number of aliphatic hydroxyl groups excluding tert-OH is 1. The average Bonchev–Trinajstić information content (AvgIpc) is 2.49. The monoisotopic (exact) mass is 292 g/mol. The summed E-state index contributed by atoms with van der Waals surface area (Å²) in [5, 5.41) is 12.5. The number of aryl methyl sites for hydroxylation is 1. The molecule has 0 saturated heterocycles. The zero-order chi connectivity index (χ0) is 15.8. The molecular formula is C17H28N2O2. The highest BCUT2D eigenvalue weighted by Crippen LogP contribution is 2.21. The molecule has 0 bridgehead atoms. The lowest BCUT2D eigenvalue weighted by Crippen LogP contribution is -2.41. The van der Waals surface area contributed by atoms with Gasteiger partial charge in [0.2, 0.25) is 0 Å². The lowest BCUT2D eigenvalue weighted by molar-refractivity contribution is 0.0623. The van der Waals surface area contributed by atoms with Crippen LogP contribution in [0.15, 0.2) is 18.2 Å². The van der Waals surface area contributed by atoms with E-state index in [1.54, 1.807) is 4.90 Å². The summed E-state index contributed by atoms with van der Waals surface area (Å²) in [7, 11) is 0. The summed E-state index contributed by atoms with van der Waals surface area (Å²) in [6, 6.07) is 6.05. The number of hydrogen-bond acceptors (Lipinski definition) is 3. The molecule has 0 aliphatic carbocycles. The Morgan fingerprint density at radius 3 is 2.48 bits per heavy atom. The zero-order valence-corrected chi connectivity index (χ0v) is 13.6. The van der Waals surface area contributed by atoms with E-state index in [9.17, 15) is 9.90 Å². The minimum atomic E-state index is -0.00933. The Morgan fingerprint density at radius 2 is 1.95 bits per heavy atom. The van der Waals surface area contributed by atoms with Gasteiger partial charge in [-0.25, -0.2) is 0 Å². The number of anilines is 1. The minimum absolute atomic E-state index is 0.00241. The summed E-state index contributed by atoms with van der Waals surface area (Å²) in [5.74, 6) is -0.00241. The Kier molecular flexibility index (Phi) is 7.23. The van der Waals surface area contributed by atoms with Crippen LogP contribution >= 0.6 is 0 Å². The van der Waals surface area contributed by atoms with Crippen LogP contribution in [0.5, 0.6) is 0 Å². The highest BCUT2D eigenvalue weighted by molar-refractivity contribution is 6.00. The van der Waals surface area contributed by atoms with Gasteiger partial charge in [-0.3, -0.25) is 4.79 Å². The first kappa shape index (κ1) is 17.5. The third-order valence-corrected chi connectivity index (χ3v) is 3.76. The van der Waals surface area contributed by atoms with Crippen molar-refractivity contribution in [3.8, 4) is 0 Å². The number of hydrogen-bond donors (Lipinski definition) is 2. The molecule has 4 nitrogen and oxygen atoms in total. The van der Waals surface area contributed by atoms with Gasteiger partial charge >= 0.3 is 0 Å². The van der Waals surface area contributed by atoms with E-state index in [1.807, 2.05) is 32.0 Å². The first-order valence-electron chi connectivity index (χ1n) is 7.85. The van der Waals surface area contributed by atoms with Gasteiger partial charge in [-0.1, -0.05) is 25.5 Å². The number of aliphatic hydroxyl groups is 1. The summed E-state index contributed by atoms with van der Waals surface area (Å²) in [6.07, 6.45) is 1.79. The molecule has 0 atom stereocenters. The van der Waals surface area contributed by atoms with Crippen molar-refractivity contribution >= 4 is 11.6 Å². The Balaban J connectivity index is 3.15. The number of carbonyl (C=O) groups excluding carboxylic acids is 1. The molecule has 0 aliphatic heterocycles. The van der Waals surface area contributed by atoms with Gasteiger partial charge in [0.1, 0.15) is 0 Å². The fraction of sp³-hybridized carbons (Fsp3) is 0.588. The molecule has 0 aromatic heterocycles. The van der Waals surface area contributed by atoms with E-state index in [-0.39, 0.29) is 18.6 Å². The first-order chi connectivity index (χ1) is 10.1. The maximum atomic E-state index is 12.9. The van der Waals surface area contributed by atoms with Crippen LogP contribution in [0.1, 0.15) is 49.5 Å². The smallest absolute Gasteiger partial charge is 0.256 e. The average molecular weight is 292 g/mol. The Bertz CT molecular complexity index is 456. The molecule has 0 aliphatic rings. The third-order valence-electron chi connectivity index (χ3n) is 3.76. The molecule has 1 amide bonds. The van der Waals surface area contributed by atoms with E-state index in [1.165, 1.54) is 0 Å². The highest BCUT2D eigenvalue weighted by Gasteiger charge is 2.23. The summed E-state index contributed by atoms with van der Waals surface area (Å²) < 4.78 is 0. The predicted octanol–water partition coefficient (Wildman–Crippen LogP) is 3.05. The van der Waals surface area contributed by atoms with Gasteiger partial charge < -0.3 is 15.3 Å². The van der Waals surface area contributed by atoms with Gasteiger partial charge in [-0.15, -0.1) is 0 Å². The van der Waals surface area contributed by atoms with Gasteiger partial charge in [-0.2, -0.15) is 0 Å². The Labute approximate surface area is 128 Å². The quantitative estimate of drug-likeness (QED) is 0.774. The lowest BCUT2D eigenvalue weighted by atomic mass is 10.0. The van der Waals surface area contributed by atoms with E-state index in [4.69, 9.17) is 0 Å². The lowest BCUT2D eigenvalue weighted by Gasteiger charge is -2.31. The molecule has 0 unspecified atom stereocenters. The van der Waals surface area contributed by atoms with Gasteiger partial charge in [0.05, 0.1) is 12.2 Å². The van der Waals surface area contributed by atoms with Crippen LogP contribution < -0.4 is 5.32 Å². The van der Waals surface area contributed by atoms with Crippen molar-refractivity contribution < 1.29 is 9.90 Å². The maximum Gasteiger partial charge on any atom is 0.256 e. The Morgan fingerprint density at radius 1 is 1.29 bits per heavy atom. The predicted molar refractivity (Wildman–Crippen MR) is 87.8 cm³/mol. The second-order valence-electron chi connectivity index (χ2n) is 5.27. The molecule has 4 heteroatoms. The molecule has 0 spiro atoms. The molecule has 118 valence electrons. The first-order valence-corrected chi connectivity index (χ1v) is 7.85. The summed E-state index contributed by atoms with van der Waals surface area (Å²) in [5.41, 5.74) is 2.62. The number of rotatable bonds is 8. The molecule has 2 N–H and O–H groups in total. The number of nitrogens with one attached hydrogen (secondary N) is 1. The zero-order valence-electron chi connectivity index (χ0n) is 13.6. The number of amides is 1. The topological polar surface area (TPSA) is 52.6 Å². The van der Waals surface area contributed by atoms with E-state index in [0.29, 0.717) is 12.1 Å². The van der Waals surface area contributed by atoms with Crippen molar-refractivity contribution in [1.82, 2.24) is 4.90 Å². The summed E-state index contributed by atoms with van der Waals surface area (Å²) in [6.45, 7) is 9.30. The SMILES string of the molecule is CCNc1ccc(C)cc1C(=O)N(CCO)C(CC)CC. The van der Waals surface area contributed by atoms with E-state index in [0.717, 1.165) is 30.6 Å². The number of nitrogens with zero attached hydrogens (tertiary/aromatic N) is 1. The summed E-state index contributed by atoms with van der Waals surface area (Å²) in [4.78, 5) is 14.7. The van der Waals surface area contributed by atoms with Crippen molar-refractivity contribution in [1.29, 1.82) is 0 Å². The van der Waals surface area contributed by atoms with Crippen LogP contribution in [-0.2, 0) is 0 Å². The number of benzene rings is 1. The third kappa shape index (κ3) is 4.46. The molecule has 0 fully saturated rings. The largest absolute Gasteiger partial charge is 0.395 e. The van der Waals surface area contributed by atoms with Gasteiger partial charge in [0.25, 0.3) is 5.91 Å². The van der Waals surface area contributed by atoms with Gasteiger partial charge in [0.15, 0.2) is 0 Å². The highest BCUT2D eigenvalue weighted by atomic mass is 16.3. The fourth-order valence-electron chi connectivity index (χ4n) is 2.62. The van der Waals surface area contributed by atoms with Crippen molar-refractivity contribution in [2.45, 2.75) is 46.6 Å². The van der Waals surface area contributed by atoms with Crippen molar-refractivity contribution in [2.75, 3.05) is 25.0 Å². The molecule has 1 aromatic carbocycles. The van der Waals surface area contributed by atoms with Crippen molar-refractivity contribution in [3.63, 3.8) is 0 Å². The molecule has 21 heavy (non-hydrogen) atoms. The van der Waals surface area contributed by atoms with Crippen LogP contribution in [0, 0.1) is 6.92 Å². The van der Waals surface area contributed by atoms with Crippen LogP contribution in [0.4, 0.5) is 5.69 Å². The second kappa shape index (κ2) is 8.67. The van der Waals surface area contributed by atoms with E-state index < -0.39 is 0 Å². The van der Waals surface area contributed by atoms with E-state index in [2.05, 4.69) is 19.2 Å². The molecule has 1 rings (SSSR count). The van der Waals surface area contributed by atoms with Crippen LogP contribution in [0.3, 0.4) is 0 Å². The van der Waals surface area contributed by atoms with Crippen molar-refractivity contribution in [2.24, 2.45) is 0 Å². The Hall–Kier alpha value is -1.55. The standard InChI is InChI=1S/C17H28N2O2/c1-5-14(6-2)19(10-11-20)17(21)15-12-13(4)8-9-16(15)18-7-3/h8-9,12,14,18,20H,5-7,10-11H2,1-4H3. The maximum absolute atomic E-state index is 12.9. The minimum Gasteiger partial charge on any atom is -0.395 e. The second-order valence-corrected chi connectivity index (χ2v) is 5.27. The molecule has 0 radical (unpaired) electrons. The summed E-state index contributed by atoms with van der Waals surface area (Å²) >= 11 is 0. The van der Waals surface area contributed by atoms with Gasteiger partial charge in [-0.05, 0) is 38.8 Å². The normalized spacial score (nSPS) is 10.8. The molecule has 0 heterocycles. The van der Waals surface area contributed by atoms with Gasteiger partial charge in [0, 0.05) is 24.8 Å². The van der Waals surface area contributed by atoms with Crippen LogP contribution in [-0.4, -0.2) is 41.7 Å². The molecular weight excluding hydrogens is 264 g/mol. The molecule has 0 saturated carbocycles. The van der Waals surface area contributed by atoms with E-state index >= 15 is 0 Å². The number of carbonyl (C=O) groups is 1. The van der Waals surface area contributed by atoms with Crippen LogP contribution in [0.2, 0.25) is 0 Å². The molecule has 1 aromatic rings. The van der Waals surface area contributed by atoms with Crippen LogP contribution in [0.25, 0.3) is 0 Å². The fourth-order valence-corrected chi connectivity index (χ4v) is 2.62.